The monoisotopic (exact) mass is 316 g/mol. The molecule has 1 fully saturated rings. The van der Waals surface area contributed by atoms with Gasteiger partial charge in [0.1, 0.15) is 10.6 Å². The van der Waals surface area contributed by atoms with E-state index in [-0.39, 0.29) is 22.7 Å². The van der Waals surface area contributed by atoms with Crippen molar-refractivity contribution in [2.45, 2.75) is 49.8 Å². The van der Waals surface area contributed by atoms with Crippen molar-refractivity contribution in [2.75, 3.05) is 7.11 Å². The Labute approximate surface area is 124 Å². The highest BCUT2D eigenvalue weighted by Crippen LogP contribution is 2.24. The van der Waals surface area contributed by atoms with Gasteiger partial charge in [0.15, 0.2) is 0 Å². The van der Waals surface area contributed by atoms with Crippen molar-refractivity contribution in [1.82, 2.24) is 9.29 Å². The van der Waals surface area contributed by atoms with Crippen LogP contribution in [0.25, 0.3) is 0 Å². The maximum Gasteiger partial charge on any atom is 0.352 e. The SMILES string of the molecule is CCn1cc(S(=O)(=O)NC2CCCC2OC)cc1C(=O)O. The van der Waals surface area contributed by atoms with Gasteiger partial charge >= 0.3 is 5.97 Å². The molecular weight excluding hydrogens is 296 g/mol. The number of carbonyl (C=O) groups is 1. The van der Waals surface area contributed by atoms with Crippen LogP contribution in [0.2, 0.25) is 0 Å². The quantitative estimate of drug-likeness (QED) is 0.817. The van der Waals surface area contributed by atoms with E-state index in [2.05, 4.69) is 4.72 Å². The second-order valence-corrected chi connectivity index (χ2v) is 6.80. The first-order valence-electron chi connectivity index (χ1n) is 6.87. The van der Waals surface area contributed by atoms with Crippen LogP contribution in [0.4, 0.5) is 0 Å². The van der Waals surface area contributed by atoms with E-state index in [0.29, 0.717) is 6.54 Å². The molecule has 0 amide bonds. The van der Waals surface area contributed by atoms with E-state index in [9.17, 15) is 13.2 Å². The molecule has 8 heteroatoms. The number of carboxylic acids is 1. The number of nitrogens with zero attached hydrogens (tertiary/aromatic N) is 1. The lowest BCUT2D eigenvalue weighted by molar-refractivity contribution is 0.0685. The third-order valence-electron chi connectivity index (χ3n) is 3.80. The van der Waals surface area contributed by atoms with E-state index in [1.807, 2.05) is 0 Å². The Morgan fingerprint density at radius 2 is 2.24 bits per heavy atom. The van der Waals surface area contributed by atoms with Crippen molar-refractivity contribution < 1.29 is 23.1 Å². The fraction of sp³-hybridized carbons (Fsp3) is 0.615. The van der Waals surface area contributed by atoms with Gasteiger partial charge in [-0.05, 0) is 32.3 Å². The van der Waals surface area contributed by atoms with Crippen LogP contribution in [-0.4, -0.2) is 43.3 Å². The van der Waals surface area contributed by atoms with E-state index in [0.717, 1.165) is 19.3 Å². The molecular formula is C13H20N2O5S. The smallest absolute Gasteiger partial charge is 0.352 e. The van der Waals surface area contributed by atoms with Crippen LogP contribution in [0.3, 0.4) is 0 Å². The molecule has 1 heterocycles. The van der Waals surface area contributed by atoms with Gasteiger partial charge in [0.25, 0.3) is 0 Å². The number of methoxy groups -OCH3 is 1. The summed E-state index contributed by atoms with van der Waals surface area (Å²) in [5.74, 6) is -1.14. The van der Waals surface area contributed by atoms with E-state index >= 15 is 0 Å². The Morgan fingerprint density at radius 3 is 2.76 bits per heavy atom. The highest BCUT2D eigenvalue weighted by Gasteiger charge is 2.32. The van der Waals surface area contributed by atoms with Crippen molar-refractivity contribution in [1.29, 1.82) is 0 Å². The van der Waals surface area contributed by atoms with E-state index in [1.54, 1.807) is 14.0 Å². The lowest BCUT2D eigenvalue weighted by Gasteiger charge is -2.19. The molecule has 1 saturated carbocycles. The van der Waals surface area contributed by atoms with Crippen molar-refractivity contribution in [2.24, 2.45) is 0 Å². The number of rotatable bonds is 6. The molecule has 0 aliphatic heterocycles. The van der Waals surface area contributed by atoms with Crippen LogP contribution < -0.4 is 4.72 Å². The fourth-order valence-corrected chi connectivity index (χ4v) is 4.02. The zero-order valence-electron chi connectivity index (χ0n) is 12.1. The summed E-state index contributed by atoms with van der Waals surface area (Å²) < 4.78 is 34.0. The second kappa shape index (κ2) is 6.17. The third-order valence-corrected chi connectivity index (χ3v) is 5.26. The molecule has 1 aliphatic rings. The second-order valence-electron chi connectivity index (χ2n) is 5.09. The maximum absolute atomic E-state index is 12.4. The van der Waals surface area contributed by atoms with Gasteiger partial charge in [-0.2, -0.15) is 0 Å². The molecule has 7 nitrogen and oxygen atoms in total. The number of aryl methyl sites for hydroxylation is 1. The standard InChI is InChI=1S/C13H20N2O5S/c1-3-15-8-9(7-11(15)13(16)17)21(18,19)14-10-5-4-6-12(10)20-2/h7-8,10,12,14H,3-6H2,1-2H3,(H,16,17). The third kappa shape index (κ3) is 3.28. The molecule has 2 rings (SSSR count). The van der Waals surface area contributed by atoms with Gasteiger partial charge in [0.05, 0.1) is 6.10 Å². The van der Waals surface area contributed by atoms with Crippen molar-refractivity contribution in [3.63, 3.8) is 0 Å². The zero-order valence-corrected chi connectivity index (χ0v) is 12.9. The van der Waals surface area contributed by atoms with Crippen LogP contribution >= 0.6 is 0 Å². The van der Waals surface area contributed by atoms with Gasteiger partial charge < -0.3 is 14.4 Å². The van der Waals surface area contributed by atoms with E-state index in [4.69, 9.17) is 9.84 Å². The molecule has 1 aromatic heterocycles. The predicted octanol–water partition coefficient (Wildman–Crippen LogP) is 1.05. The largest absolute Gasteiger partial charge is 0.477 e. The summed E-state index contributed by atoms with van der Waals surface area (Å²) in [6.07, 6.45) is 3.66. The average Bonchev–Trinajstić information content (AvgIpc) is 3.03. The molecule has 0 spiro atoms. The Morgan fingerprint density at radius 1 is 1.52 bits per heavy atom. The molecule has 0 radical (unpaired) electrons. The zero-order chi connectivity index (χ0) is 15.6. The topological polar surface area (TPSA) is 97.6 Å². The summed E-state index contributed by atoms with van der Waals surface area (Å²) in [6.45, 7) is 2.15. The van der Waals surface area contributed by atoms with Crippen LogP contribution in [0.5, 0.6) is 0 Å². The number of ether oxygens (including phenoxy) is 1. The van der Waals surface area contributed by atoms with E-state index in [1.165, 1.54) is 16.8 Å². The average molecular weight is 316 g/mol. The lowest BCUT2D eigenvalue weighted by atomic mass is 10.2. The van der Waals surface area contributed by atoms with Crippen molar-refractivity contribution >= 4 is 16.0 Å². The molecule has 118 valence electrons. The molecule has 0 saturated heterocycles. The Balaban J connectivity index is 2.25. The Hall–Kier alpha value is -1.38. The first-order chi connectivity index (χ1) is 9.89. The van der Waals surface area contributed by atoms with Gasteiger partial charge in [-0.1, -0.05) is 0 Å². The first-order valence-corrected chi connectivity index (χ1v) is 8.36. The molecule has 2 unspecified atom stereocenters. The minimum Gasteiger partial charge on any atom is -0.477 e. The van der Waals surface area contributed by atoms with Gasteiger partial charge in [0, 0.05) is 25.9 Å². The Kier molecular flexibility index (Phi) is 4.70. The number of aromatic nitrogens is 1. The molecule has 2 atom stereocenters. The molecule has 0 bridgehead atoms. The first kappa shape index (κ1) is 16.0. The number of sulfonamides is 1. The highest BCUT2D eigenvalue weighted by atomic mass is 32.2. The van der Waals surface area contributed by atoms with Crippen LogP contribution in [-0.2, 0) is 21.3 Å². The molecule has 1 aliphatic carbocycles. The van der Waals surface area contributed by atoms with E-state index < -0.39 is 16.0 Å². The minimum atomic E-state index is -3.75. The number of nitrogens with one attached hydrogen (secondary N) is 1. The van der Waals surface area contributed by atoms with Gasteiger partial charge in [0.2, 0.25) is 10.0 Å². The predicted molar refractivity (Wildman–Crippen MR) is 75.8 cm³/mol. The molecule has 0 aromatic carbocycles. The van der Waals surface area contributed by atoms with Crippen molar-refractivity contribution in [3.8, 4) is 0 Å². The van der Waals surface area contributed by atoms with Crippen LogP contribution in [0.15, 0.2) is 17.2 Å². The van der Waals surface area contributed by atoms with Crippen molar-refractivity contribution in [3.05, 3.63) is 18.0 Å². The van der Waals surface area contributed by atoms with Gasteiger partial charge in [-0.3, -0.25) is 0 Å². The van der Waals surface area contributed by atoms with Gasteiger partial charge in [-0.15, -0.1) is 0 Å². The number of hydrogen-bond acceptors (Lipinski definition) is 4. The minimum absolute atomic E-state index is 0.0245. The fourth-order valence-electron chi connectivity index (χ4n) is 2.68. The summed E-state index contributed by atoms with van der Waals surface area (Å²) in [5.41, 5.74) is -0.0346. The normalized spacial score (nSPS) is 22.6. The maximum atomic E-state index is 12.4. The van der Waals surface area contributed by atoms with Gasteiger partial charge in [-0.25, -0.2) is 17.9 Å². The Bertz CT molecular complexity index is 623. The number of aromatic carboxylic acids is 1. The summed E-state index contributed by atoms with van der Waals surface area (Å²) in [7, 11) is -2.18. The summed E-state index contributed by atoms with van der Waals surface area (Å²) in [5, 5.41) is 9.08. The highest BCUT2D eigenvalue weighted by molar-refractivity contribution is 7.89. The lowest BCUT2D eigenvalue weighted by Crippen LogP contribution is -2.40. The summed E-state index contributed by atoms with van der Waals surface area (Å²) in [4.78, 5) is 11.1. The molecule has 2 N–H and O–H groups in total. The van der Waals surface area contributed by atoms with Crippen LogP contribution in [0.1, 0.15) is 36.7 Å². The number of hydrogen-bond donors (Lipinski definition) is 2. The number of carboxylic acid groups (broad SMARTS) is 1. The molecule has 1 aromatic rings. The van der Waals surface area contributed by atoms with Crippen LogP contribution in [0, 0.1) is 0 Å². The summed E-state index contributed by atoms with van der Waals surface area (Å²) in [6, 6.07) is 0.920. The summed E-state index contributed by atoms with van der Waals surface area (Å²) >= 11 is 0. The molecule has 21 heavy (non-hydrogen) atoms.